The fourth-order valence-electron chi connectivity index (χ4n) is 4.71. The highest BCUT2D eigenvalue weighted by molar-refractivity contribution is 7.10. The molecule has 0 bridgehead atoms. The Kier molecular flexibility index (Phi) is 6.55. The maximum absolute atomic E-state index is 13.3. The first-order valence-corrected chi connectivity index (χ1v) is 12.1. The average Bonchev–Trinajstić information content (AvgIpc) is 3.49. The molecule has 1 unspecified atom stereocenters. The number of aryl methyl sites for hydroxylation is 1. The Bertz CT molecular complexity index is 1050. The van der Waals surface area contributed by atoms with E-state index >= 15 is 0 Å². The van der Waals surface area contributed by atoms with Crippen LogP contribution < -0.4 is 9.47 Å². The van der Waals surface area contributed by atoms with E-state index in [1.54, 1.807) is 23.1 Å². The number of hydrogen-bond acceptors (Lipinski definition) is 6. The SMILES string of the molecule is CCOc1ccc(/C(O)=C2\C(=O)C(=O)N(C3CCCC3)C2c2sccc2C)c(OCC)c1. The van der Waals surface area contributed by atoms with Gasteiger partial charge in [0, 0.05) is 17.0 Å². The minimum absolute atomic E-state index is 0.00921. The quantitative estimate of drug-likeness (QED) is 0.352. The van der Waals surface area contributed by atoms with Gasteiger partial charge in [-0.25, -0.2) is 0 Å². The van der Waals surface area contributed by atoms with Gasteiger partial charge in [-0.3, -0.25) is 9.59 Å². The van der Waals surface area contributed by atoms with Crippen molar-refractivity contribution in [1.29, 1.82) is 0 Å². The van der Waals surface area contributed by atoms with E-state index in [2.05, 4.69) is 0 Å². The van der Waals surface area contributed by atoms with Gasteiger partial charge in [-0.1, -0.05) is 12.8 Å². The van der Waals surface area contributed by atoms with Gasteiger partial charge in [0.2, 0.25) is 0 Å². The molecule has 170 valence electrons. The van der Waals surface area contributed by atoms with Crippen molar-refractivity contribution in [2.75, 3.05) is 13.2 Å². The van der Waals surface area contributed by atoms with E-state index in [-0.39, 0.29) is 17.4 Å². The van der Waals surface area contributed by atoms with E-state index in [0.717, 1.165) is 36.1 Å². The molecule has 1 amide bonds. The van der Waals surface area contributed by atoms with Crippen molar-refractivity contribution >= 4 is 28.8 Å². The van der Waals surface area contributed by atoms with Gasteiger partial charge in [-0.2, -0.15) is 0 Å². The lowest BCUT2D eigenvalue weighted by atomic mass is 9.97. The molecule has 7 heteroatoms. The monoisotopic (exact) mass is 455 g/mol. The topological polar surface area (TPSA) is 76.1 Å². The summed E-state index contributed by atoms with van der Waals surface area (Å²) in [5.41, 5.74) is 1.53. The number of ether oxygens (including phenoxy) is 2. The van der Waals surface area contributed by atoms with Gasteiger partial charge in [0.15, 0.2) is 0 Å². The summed E-state index contributed by atoms with van der Waals surface area (Å²) in [7, 11) is 0. The number of carbonyl (C=O) groups is 2. The van der Waals surface area contributed by atoms with Crippen LogP contribution in [-0.4, -0.2) is 41.0 Å². The molecule has 4 rings (SSSR count). The molecule has 2 fully saturated rings. The minimum atomic E-state index is -0.636. The van der Waals surface area contributed by atoms with Crippen LogP contribution in [0.25, 0.3) is 5.76 Å². The first-order valence-electron chi connectivity index (χ1n) is 11.2. The lowest BCUT2D eigenvalue weighted by Gasteiger charge is -2.30. The van der Waals surface area contributed by atoms with Gasteiger partial charge >= 0.3 is 0 Å². The van der Waals surface area contributed by atoms with Gasteiger partial charge in [-0.15, -0.1) is 11.3 Å². The van der Waals surface area contributed by atoms with E-state index in [1.807, 2.05) is 32.2 Å². The van der Waals surface area contributed by atoms with E-state index in [4.69, 9.17) is 9.47 Å². The Morgan fingerprint density at radius 1 is 1.12 bits per heavy atom. The number of carbonyl (C=O) groups excluding carboxylic acids is 2. The number of benzene rings is 1. The minimum Gasteiger partial charge on any atom is -0.507 e. The number of aliphatic hydroxyl groups excluding tert-OH is 1. The molecule has 0 radical (unpaired) electrons. The van der Waals surface area contributed by atoms with Crippen molar-refractivity contribution in [2.45, 2.75) is 58.5 Å². The van der Waals surface area contributed by atoms with Crippen molar-refractivity contribution in [3.8, 4) is 11.5 Å². The zero-order valence-electron chi connectivity index (χ0n) is 18.7. The molecular weight excluding hydrogens is 426 g/mol. The number of likely N-dealkylation sites (tertiary alicyclic amines) is 1. The molecule has 6 nitrogen and oxygen atoms in total. The second-order valence-corrected chi connectivity index (χ2v) is 9.08. The molecule has 1 aliphatic heterocycles. The highest BCUT2D eigenvalue weighted by Crippen LogP contribution is 2.46. The zero-order valence-corrected chi connectivity index (χ0v) is 19.5. The Balaban J connectivity index is 1.88. The molecule has 1 saturated heterocycles. The molecular formula is C25H29NO5S. The second kappa shape index (κ2) is 9.36. The fraction of sp³-hybridized carbons (Fsp3) is 0.440. The maximum Gasteiger partial charge on any atom is 0.295 e. The van der Waals surface area contributed by atoms with Gasteiger partial charge in [-0.05, 0) is 62.8 Å². The van der Waals surface area contributed by atoms with E-state index < -0.39 is 17.7 Å². The van der Waals surface area contributed by atoms with Crippen LogP contribution in [0, 0.1) is 6.92 Å². The van der Waals surface area contributed by atoms with Gasteiger partial charge in [0.05, 0.1) is 24.4 Å². The predicted octanol–water partition coefficient (Wildman–Crippen LogP) is 5.22. The Labute approximate surface area is 192 Å². The molecule has 1 saturated carbocycles. The van der Waals surface area contributed by atoms with Crippen molar-refractivity contribution in [2.24, 2.45) is 0 Å². The first-order chi connectivity index (χ1) is 15.5. The van der Waals surface area contributed by atoms with Crippen molar-refractivity contribution < 1.29 is 24.2 Å². The molecule has 2 aliphatic rings. The summed E-state index contributed by atoms with van der Waals surface area (Å²) in [6.07, 6.45) is 3.83. The number of rotatable bonds is 7. The van der Waals surface area contributed by atoms with Crippen LogP contribution in [0.4, 0.5) is 0 Å². The van der Waals surface area contributed by atoms with Crippen molar-refractivity contribution in [3.63, 3.8) is 0 Å². The van der Waals surface area contributed by atoms with Crippen LogP contribution in [0.2, 0.25) is 0 Å². The maximum atomic E-state index is 13.3. The number of hydrogen-bond donors (Lipinski definition) is 1. The Morgan fingerprint density at radius 3 is 2.47 bits per heavy atom. The summed E-state index contributed by atoms with van der Waals surface area (Å²) in [5.74, 6) is -0.328. The molecule has 2 heterocycles. The summed E-state index contributed by atoms with van der Waals surface area (Å²) in [6.45, 7) is 6.61. The third-order valence-corrected chi connectivity index (χ3v) is 7.24. The smallest absolute Gasteiger partial charge is 0.295 e. The fourth-order valence-corrected chi connectivity index (χ4v) is 5.74. The standard InChI is InChI=1S/C25H29NO5S/c1-4-30-17-10-11-18(19(14-17)31-5-2)22(27)20-21(24-15(3)12-13-32-24)26(25(29)23(20)28)16-8-6-7-9-16/h10-14,16,21,27H,4-9H2,1-3H3/b22-20+. The molecule has 1 aromatic carbocycles. The number of aliphatic hydroxyl groups is 1. The number of nitrogens with zero attached hydrogens (tertiary/aromatic N) is 1. The molecule has 32 heavy (non-hydrogen) atoms. The number of amides is 1. The van der Waals surface area contributed by atoms with Crippen LogP contribution in [0.3, 0.4) is 0 Å². The highest BCUT2D eigenvalue weighted by Gasteiger charge is 2.50. The summed E-state index contributed by atoms with van der Waals surface area (Å²) in [4.78, 5) is 29.1. The van der Waals surface area contributed by atoms with E-state index in [0.29, 0.717) is 30.3 Å². The van der Waals surface area contributed by atoms with E-state index in [9.17, 15) is 14.7 Å². The normalized spacial score (nSPS) is 20.8. The molecule has 1 aliphatic carbocycles. The van der Waals surface area contributed by atoms with Gasteiger partial charge in [0.25, 0.3) is 11.7 Å². The molecule has 1 aromatic heterocycles. The number of ketones is 1. The summed E-state index contributed by atoms with van der Waals surface area (Å²) in [5, 5.41) is 13.4. The summed E-state index contributed by atoms with van der Waals surface area (Å²) < 4.78 is 11.3. The van der Waals surface area contributed by atoms with Gasteiger partial charge in [0.1, 0.15) is 23.3 Å². The number of Topliss-reactive ketones (excluding diaryl/α,β-unsaturated/α-hetero) is 1. The van der Waals surface area contributed by atoms with Crippen molar-refractivity contribution in [3.05, 3.63) is 51.2 Å². The summed E-state index contributed by atoms with van der Waals surface area (Å²) >= 11 is 1.51. The van der Waals surface area contributed by atoms with Crippen LogP contribution in [0.15, 0.2) is 35.2 Å². The predicted molar refractivity (Wildman–Crippen MR) is 124 cm³/mol. The van der Waals surface area contributed by atoms with E-state index in [1.165, 1.54) is 11.3 Å². The second-order valence-electron chi connectivity index (χ2n) is 8.14. The van der Waals surface area contributed by atoms with Gasteiger partial charge < -0.3 is 19.5 Å². The third kappa shape index (κ3) is 3.90. The van der Waals surface area contributed by atoms with Crippen LogP contribution in [0.5, 0.6) is 11.5 Å². The third-order valence-electron chi connectivity index (χ3n) is 6.17. The number of thiophene rings is 1. The Morgan fingerprint density at radius 2 is 1.84 bits per heavy atom. The zero-order chi connectivity index (χ0) is 22.8. The van der Waals surface area contributed by atoms with Crippen LogP contribution >= 0.6 is 11.3 Å². The average molecular weight is 456 g/mol. The molecule has 1 N–H and O–H groups in total. The molecule has 2 aromatic rings. The lowest BCUT2D eigenvalue weighted by molar-refractivity contribution is -0.141. The highest BCUT2D eigenvalue weighted by atomic mass is 32.1. The lowest BCUT2D eigenvalue weighted by Crippen LogP contribution is -2.37. The van der Waals surface area contributed by atoms with Crippen LogP contribution in [0.1, 0.15) is 61.6 Å². The Hall–Kier alpha value is -2.80. The van der Waals surface area contributed by atoms with Crippen molar-refractivity contribution in [1.82, 2.24) is 4.90 Å². The first kappa shape index (κ1) is 22.4. The summed E-state index contributed by atoms with van der Waals surface area (Å²) in [6, 6.07) is 6.54. The largest absolute Gasteiger partial charge is 0.507 e. The molecule has 0 spiro atoms. The molecule has 1 atom stereocenters. The van der Waals surface area contributed by atoms with Crippen LogP contribution in [-0.2, 0) is 9.59 Å².